The summed E-state index contributed by atoms with van der Waals surface area (Å²) in [5, 5.41) is 16.5. The Morgan fingerprint density at radius 3 is 2.96 bits per heavy atom. The molecule has 2 aromatic rings. The lowest BCUT2D eigenvalue weighted by Gasteiger charge is -2.08. The van der Waals surface area contributed by atoms with Gasteiger partial charge in [-0.2, -0.15) is 10.3 Å². The monoisotopic (exact) mass is 338 g/mol. The lowest BCUT2D eigenvalue weighted by molar-refractivity contribution is 1.17. The quantitative estimate of drug-likeness (QED) is 0.217. The molecule has 1 heterocycles. The number of hydrogen-bond donors (Lipinski definition) is 4. The van der Waals surface area contributed by atoms with Crippen LogP contribution in [0.3, 0.4) is 0 Å². The SMILES string of the molecule is C#CCN=C(NC#N)Nc1cccc(-c2csc(N=C(N)N)n2)c1. The van der Waals surface area contributed by atoms with Crippen molar-refractivity contribution >= 4 is 34.1 Å². The molecule has 0 saturated carbocycles. The highest BCUT2D eigenvalue weighted by atomic mass is 32.1. The third kappa shape index (κ3) is 4.73. The molecule has 0 atom stereocenters. The second kappa shape index (κ2) is 8.17. The van der Waals surface area contributed by atoms with Crippen molar-refractivity contribution in [3.05, 3.63) is 29.6 Å². The predicted molar refractivity (Wildman–Crippen MR) is 96.5 cm³/mol. The number of nitrogens with two attached hydrogens (primary N) is 2. The zero-order chi connectivity index (χ0) is 17.4. The molecule has 120 valence electrons. The van der Waals surface area contributed by atoms with Crippen molar-refractivity contribution in [2.45, 2.75) is 0 Å². The summed E-state index contributed by atoms with van der Waals surface area (Å²) in [5.41, 5.74) is 13.0. The number of hydrogen-bond acceptors (Lipinski definition) is 5. The fraction of sp³-hybridized carbons (Fsp3) is 0.0667. The Hall–Kier alpha value is -3.56. The van der Waals surface area contributed by atoms with Gasteiger partial charge in [0.05, 0.1) is 5.69 Å². The molecule has 0 unspecified atom stereocenters. The summed E-state index contributed by atoms with van der Waals surface area (Å²) >= 11 is 1.33. The molecule has 24 heavy (non-hydrogen) atoms. The van der Waals surface area contributed by atoms with E-state index in [4.69, 9.17) is 23.2 Å². The van der Waals surface area contributed by atoms with Crippen LogP contribution in [0.4, 0.5) is 10.8 Å². The fourth-order valence-corrected chi connectivity index (χ4v) is 2.45. The molecule has 0 amide bonds. The largest absolute Gasteiger partial charge is 0.370 e. The molecule has 0 aliphatic carbocycles. The summed E-state index contributed by atoms with van der Waals surface area (Å²) in [6.07, 6.45) is 6.98. The van der Waals surface area contributed by atoms with Crippen LogP contribution >= 0.6 is 11.3 Å². The number of aliphatic imine (C=N–C) groups is 2. The molecule has 0 spiro atoms. The van der Waals surface area contributed by atoms with Gasteiger partial charge in [-0.1, -0.05) is 18.1 Å². The van der Waals surface area contributed by atoms with Crippen molar-refractivity contribution < 1.29 is 0 Å². The van der Waals surface area contributed by atoms with Gasteiger partial charge in [0, 0.05) is 16.6 Å². The normalized spacial score (nSPS) is 10.3. The molecule has 0 radical (unpaired) electrons. The number of anilines is 1. The van der Waals surface area contributed by atoms with Crippen molar-refractivity contribution in [2.75, 3.05) is 11.9 Å². The first-order chi connectivity index (χ1) is 11.6. The first-order valence-corrected chi connectivity index (χ1v) is 7.56. The maximum absolute atomic E-state index is 8.75. The van der Waals surface area contributed by atoms with E-state index in [1.165, 1.54) is 11.3 Å². The summed E-state index contributed by atoms with van der Waals surface area (Å²) in [5.74, 6) is 2.61. The van der Waals surface area contributed by atoms with Crippen LogP contribution in [0.15, 0.2) is 39.6 Å². The number of benzene rings is 1. The Balaban J connectivity index is 2.22. The third-order valence-electron chi connectivity index (χ3n) is 2.64. The van der Waals surface area contributed by atoms with E-state index in [2.05, 4.69) is 31.5 Å². The number of nitrogens with one attached hydrogen (secondary N) is 2. The number of guanidine groups is 2. The summed E-state index contributed by atoms with van der Waals surface area (Å²) in [7, 11) is 0. The van der Waals surface area contributed by atoms with E-state index in [9.17, 15) is 0 Å². The molecule has 6 N–H and O–H groups in total. The minimum atomic E-state index is -0.0386. The standard InChI is InChI=1S/C15H14N8S/c1-2-6-19-14(20-9-16)21-11-5-3-4-10(7-11)12-8-24-15(22-12)23-13(17)18/h1,3-5,7-8H,6H2,(H2,19,20,21)(H4,17,18,22,23). The minimum Gasteiger partial charge on any atom is -0.370 e. The first-order valence-electron chi connectivity index (χ1n) is 6.68. The first kappa shape index (κ1) is 16.8. The molecule has 0 bridgehead atoms. The van der Waals surface area contributed by atoms with Crippen LogP contribution in [-0.2, 0) is 0 Å². The van der Waals surface area contributed by atoms with Gasteiger partial charge in [0.2, 0.25) is 11.1 Å². The van der Waals surface area contributed by atoms with Crippen LogP contribution in [0, 0.1) is 23.8 Å². The van der Waals surface area contributed by atoms with E-state index in [0.717, 1.165) is 16.9 Å². The number of terminal acetylenes is 1. The summed E-state index contributed by atoms with van der Waals surface area (Å²) in [4.78, 5) is 12.3. The molecule has 1 aromatic carbocycles. The van der Waals surface area contributed by atoms with Crippen LogP contribution in [-0.4, -0.2) is 23.4 Å². The molecule has 2 rings (SSSR count). The highest BCUT2D eigenvalue weighted by Gasteiger charge is 2.06. The molecule has 0 fully saturated rings. The molecular formula is C15H14N8S. The van der Waals surface area contributed by atoms with Gasteiger partial charge in [-0.25, -0.2) is 9.98 Å². The Kier molecular flexibility index (Phi) is 5.72. The summed E-state index contributed by atoms with van der Waals surface area (Å²) < 4.78 is 0. The van der Waals surface area contributed by atoms with Gasteiger partial charge >= 0.3 is 0 Å². The molecule has 0 saturated heterocycles. The van der Waals surface area contributed by atoms with E-state index in [1.807, 2.05) is 29.6 Å². The van der Waals surface area contributed by atoms with Crippen molar-refractivity contribution in [3.63, 3.8) is 0 Å². The summed E-state index contributed by atoms with van der Waals surface area (Å²) in [6.45, 7) is 0.157. The highest BCUT2D eigenvalue weighted by Crippen LogP contribution is 2.28. The fourth-order valence-electron chi connectivity index (χ4n) is 1.74. The van der Waals surface area contributed by atoms with Gasteiger partial charge in [0.15, 0.2) is 12.2 Å². The van der Waals surface area contributed by atoms with Crippen LogP contribution in [0.25, 0.3) is 11.3 Å². The van der Waals surface area contributed by atoms with Crippen molar-refractivity contribution in [1.29, 1.82) is 5.26 Å². The van der Waals surface area contributed by atoms with E-state index in [1.54, 1.807) is 6.19 Å². The lowest BCUT2D eigenvalue weighted by Crippen LogP contribution is -2.26. The third-order valence-corrected chi connectivity index (χ3v) is 3.38. The number of nitrogens with zero attached hydrogens (tertiary/aromatic N) is 4. The maximum Gasteiger partial charge on any atom is 0.212 e. The van der Waals surface area contributed by atoms with Gasteiger partial charge < -0.3 is 16.8 Å². The van der Waals surface area contributed by atoms with Gasteiger partial charge in [-0.3, -0.25) is 5.32 Å². The van der Waals surface area contributed by atoms with Gasteiger partial charge in [-0.05, 0) is 12.1 Å². The second-order valence-corrected chi connectivity index (χ2v) is 5.20. The molecule has 9 heteroatoms. The average molecular weight is 338 g/mol. The molecule has 8 nitrogen and oxygen atoms in total. The van der Waals surface area contributed by atoms with Crippen LogP contribution < -0.4 is 22.1 Å². The van der Waals surface area contributed by atoms with Crippen LogP contribution in [0.2, 0.25) is 0 Å². The number of rotatable bonds is 4. The zero-order valence-corrected chi connectivity index (χ0v) is 13.3. The number of aromatic nitrogens is 1. The maximum atomic E-state index is 8.75. The Morgan fingerprint density at radius 2 is 2.25 bits per heavy atom. The predicted octanol–water partition coefficient (Wildman–Crippen LogP) is 1.19. The van der Waals surface area contributed by atoms with Crippen LogP contribution in [0.5, 0.6) is 0 Å². The zero-order valence-electron chi connectivity index (χ0n) is 12.5. The Morgan fingerprint density at radius 1 is 1.42 bits per heavy atom. The van der Waals surface area contributed by atoms with Crippen molar-refractivity contribution in [2.24, 2.45) is 21.5 Å². The number of thiazole rings is 1. The van der Waals surface area contributed by atoms with Gasteiger partial charge in [0.1, 0.15) is 6.54 Å². The van der Waals surface area contributed by atoms with Crippen molar-refractivity contribution in [1.82, 2.24) is 10.3 Å². The molecular weight excluding hydrogens is 324 g/mol. The van der Waals surface area contributed by atoms with E-state index >= 15 is 0 Å². The molecule has 1 aromatic heterocycles. The van der Waals surface area contributed by atoms with Gasteiger partial charge in [0.25, 0.3) is 0 Å². The lowest BCUT2D eigenvalue weighted by atomic mass is 10.1. The van der Waals surface area contributed by atoms with Crippen LogP contribution in [0.1, 0.15) is 0 Å². The van der Waals surface area contributed by atoms with E-state index < -0.39 is 0 Å². The van der Waals surface area contributed by atoms with E-state index in [-0.39, 0.29) is 18.5 Å². The second-order valence-electron chi connectivity index (χ2n) is 4.36. The average Bonchev–Trinajstić information content (AvgIpc) is 3.01. The van der Waals surface area contributed by atoms with Crippen molar-refractivity contribution in [3.8, 4) is 29.8 Å². The Bertz CT molecular complexity index is 849. The smallest absolute Gasteiger partial charge is 0.212 e. The van der Waals surface area contributed by atoms with E-state index in [0.29, 0.717) is 5.13 Å². The number of nitriles is 1. The summed E-state index contributed by atoms with van der Waals surface area (Å²) in [6, 6.07) is 7.44. The molecule has 0 aliphatic rings. The Labute approximate surface area is 143 Å². The molecule has 0 aliphatic heterocycles. The minimum absolute atomic E-state index is 0.0386. The topological polar surface area (TPSA) is 138 Å². The highest BCUT2D eigenvalue weighted by molar-refractivity contribution is 7.13. The van der Waals surface area contributed by atoms with Gasteiger partial charge in [-0.15, -0.1) is 17.8 Å².